The van der Waals surface area contributed by atoms with Gasteiger partial charge >= 0.3 is 0 Å². The van der Waals surface area contributed by atoms with Crippen molar-refractivity contribution < 1.29 is 8.83 Å². The van der Waals surface area contributed by atoms with Gasteiger partial charge in [0.25, 0.3) is 0 Å². The summed E-state index contributed by atoms with van der Waals surface area (Å²) in [6, 6.07) is 57.0. The Morgan fingerprint density at radius 2 is 0.923 bits per heavy atom. The molecule has 3 heterocycles. The average molecular weight is 669 g/mol. The molecule has 52 heavy (non-hydrogen) atoms. The van der Waals surface area contributed by atoms with Crippen molar-refractivity contribution in [3.8, 4) is 67.9 Å². The van der Waals surface area contributed by atoms with Gasteiger partial charge in [0.2, 0.25) is 5.89 Å². The lowest BCUT2D eigenvalue weighted by atomic mass is 9.94. The maximum absolute atomic E-state index is 6.48. The zero-order valence-corrected chi connectivity index (χ0v) is 27.8. The Morgan fingerprint density at radius 3 is 1.63 bits per heavy atom. The molecule has 0 aliphatic rings. The highest BCUT2D eigenvalue weighted by Crippen LogP contribution is 2.42. The second-order valence-corrected chi connectivity index (χ2v) is 12.6. The predicted molar refractivity (Wildman–Crippen MR) is 207 cm³/mol. The van der Waals surface area contributed by atoms with Gasteiger partial charge in [-0.05, 0) is 53.1 Å². The number of rotatable bonds is 6. The monoisotopic (exact) mass is 668 g/mol. The van der Waals surface area contributed by atoms with Gasteiger partial charge in [0.1, 0.15) is 16.7 Å². The van der Waals surface area contributed by atoms with Crippen LogP contribution in [0.4, 0.5) is 0 Å². The topological polar surface area (TPSA) is 77.8 Å². The Kier molecular flexibility index (Phi) is 7.03. The molecule has 3 aromatic heterocycles. The van der Waals surface area contributed by atoms with Gasteiger partial charge in [-0.15, -0.1) is 0 Å². The molecule has 10 aromatic rings. The third-order valence-electron chi connectivity index (χ3n) is 9.40. The maximum atomic E-state index is 6.48. The summed E-state index contributed by atoms with van der Waals surface area (Å²) >= 11 is 0. The second kappa shape index (κ2) is 12.3. The first-order chi connectivity index (χ1) is 25.8. The Labute approximate surface area is 298 Å². The number of benzene rings is 7. The van der Waals surface area contributed by atoms with Crippen LogP contribution in [0.25, 0.3) is 101 Å². The van der Waals surface area contributed by atoms with Crippen LogP contribution in [0.5, 0.6) is 0 Å². The Balaban J connectivity index is 1.15. The molecule has 0 saturated carbocycles. The molecule has 0 fully saturated rings. The zero-order valence-electron chi connectivity index (χ0n) is 27.8. The molecule has 7 aromatic carbocycles. The molecular weight excluding hydrogens is 641 g/mol. The highest BCUT2D eigenvalue weighted by Gasteiger charge is 2.20. The van der Waals surface area contributed by atoms with Crippen LogP contribution in [-0.4, -0.2) is 19.9 Å². The van der Waals surface area contributed by atoms with Crippen molar-refractivity contribution in [1.82, 2.24) is 19.9 Å². The molecule has 10 rings (SSSR count). The highest BCUT2D eigenvalue weighted by atomic mass is 16.3. The van der Waals surface area contributed by atoms with E-state index in [1.165, 1.54) is 0 Å². The number of hydrogen-bond acceptors (Lipinski definition) is 6. The lowest BCUT2D eigenvalue weighted by molar-refractivity contribution is 0.621. The first-order valence-corrected chi connectivity index (χ1v) is 17.1. The van der Waals surface area contributed by atoms with E-state index in [9.17, 15) is 0 Å². The van der Waals surface area contributed by atoms with Gasteiger partial charge in [-0.25, -0.2) is 19.9 Å². The van der Waals surface area contributed by atoms with Crippen LogP contribution in [0.15, 0.2) is 179 Å². The summed E-state index contributed by atoms with van der Waals surface area (Å²) in [7, 11) is 0. The van der Waals surface area contributed by atoms with Crippen LogP contribution in [0.2, 0.25) is 0 Å². The van der Waals surface area contributed by atoms with Gasteiger partial charge in [0.05, 0.1) is 0 Å². The van der Waals surface area contributed by atoms with E-state index >= 15 is 0 Å². The van der Waals surface area contributed by atoms with Crippen molar-refractivity contribution in [2.45, 2.75) is 0 Å². The molecule has 0 saturated heterocycles. The number of aromatic nitrogens is 4. The molecule has 0 unspecified atom stereocenters. The number of oxazole rings is 1. The fourth-order valence-electron chi connectivity index (χ4n) is 6.94. The van der Waals surface area contributed by atoms with Crippen molar-refractivity contribution >= 4 is 33.0 Å². The number of fused-ring (bicyclic) bond motifs is 4. The molecule has 0 aliphatic carbocycles. The molecular formula is C46H28N4O2. The number of para-hydroxylation sites is 1. The quantitative estimate of drug-likeness (QED) is 0.175. The molecule has 0 radical (unpaired) electrons. The maximum Gasteiger partial charge on any atom is 0.227 e. The summed E-state index contributed by atoms with van der Waals surface area (Å²) in [5.74, 6) is 2.43. The van der Waals surface area contributed by atoms with E-state index in [4.69, 9.17) is 28.8 Å². The summed E-state index contributed by atoms with van der Waals surface area (Å²) in [5, 5.41) is 2.02. The van der Waals surface area contributed by atoms with Crippen LogP contribution in [-0.2, 0) is 0 Å². The molecule has 0 spiro atoms. The summed E-state index contributed by atoms with van der Waals surface area (Å²) < 4.78 is 12.9. The first-order valence-electron chi connectivity index (χ1n) is 17.1. The minimum absolute atomic E-state index is 0.597. The van der Waals surface area contributed by atoms with E-state index in [1.807, 2.05) is 127 Å². The largest absolute Gasteiger partial charge is 0.456 e. The Morgan fingerprint density at radius 1 is 0.346 bits per heavy atom. The predicted octanol–water partition coefficient (Wildman–Crippen LogP) is 11.9. The van der Waals surface area contributed by atoms with Crippen molar-refractivity contribution in [2.75, 3.05) is 0 Å². The first kappa shape index (κ1) is 29.7. The number of furan rings is 1. The fourth-order valence-corrected chi connectivity index (χ4v) is 6.94. The van der Waals surface area contributed by atoms with Crippen LogP contribution < -0.4 is 0 Å². The van der Waals surface area contributed by atoms with Crippen LogP contribution >= 0.6 is 0 Å². The van der Waals surface area contributed by atoms with Gasteiger partial charge in [0, 0.05) is 38.6 Å². The van der Waals surface area contributed by atoms with Crippen LogP contribution in [0.1, 0.15) is 0 Å². The van der Waals surface area contributed by atoms with E-state index in [-0.39, 0.29) is 0 Å². The fraction of sp³-hybridized carbons (Fsp3) is 0. The normalized spacial score (nSPS) is 11.5. The van der Waals surface area contributed by atoms with E-state index in [0.29, 0.717) is 23.4 Å². The molecule has 244 valence electrons. The molecule has 0 bridgehead atoms. The smallest absolute Gasteiger partial charge is 0.227 e. The Hall–Kier alpha value is -7.18. The van der Waals surface area contributed by atoms with Gasteiger partial charge in [-0.1, -0.05) is 133 Å². The third kappa shape index (κ3) is 5.13. The number of hydrogen-bond donors (Lipinski definition) is 0. The summed E-state index contributed by atoms with van der Waals surface area (Å²) in [5.41, 5.74) is 10.8. The van der Waals surface area contributed by atoms with E-state index < -0.39 is 0 Å². The molecule has 0 aliphatic heterocycles. The van der Waals surface area contributed by atoms with E-state index in [2.05, 4.69) is 42.5 Å². The van der Waals surface area contributed by atoms with Gasteiger partial charge in [-0.3, -0.25) is 0 Å². The van der Waals surface area contributed by atoms with Gasteiger partial charge < -0.3 is 8.83 Å². The molecule has 6 nitrogen and oxygen atoms in total. The summed E-state index contributed by atoms with van der Waals surface area (Å²) in [6.45, 7) is 0. The lowest BCUT2D eigenvalue weighted by Crippen LogP contribution is -2.01. The zero-order chi connectivity index (χ0) is 34.4. The average Bonchev–Trinajstić information content (AvgIpc) is 3.84. The SMILES string of the molecule is c1ccc(-c2nc(-c3ccccc3)nc(-c3ccccc3-c3cccc4oc5ccc(-c6cccc7nc(-c8ccccc8)oc67)cc5c34)n2)cc1. The van der Waals surface area contributed by atoms with Crippen molar-refractivity contribution in [2.24, 2.45) is 0 Å². The minimum atomic E-state index is 0.597. The summed E-state index contributed by atoms with van der Waals surface area (Å²) in [4.78, 5) is 19.8. The lowest BCUT2D eigenvalue weighted by Gasteiger charge is -2.13. The minimum Gasteiger partial charge on any atom is -0.456 e. The van der Waals surface area contributed by atoms with Gasteiger partial charge in [0.15, 0.2) is 23.1 Å². The van der Waals surface area contributed by atoms with Crippen LogP contribution in [0.3, 0.4) is 0 Å². The summed E-state index contributed by atoms with van der Waals surface area (Å²) in [6.07, 6.45) is 0. The molecule has 0 atom stereocenters. The molecule has 0 amide bonds. The van der Waals surface area contributed by atoms with Gasteiger partial charge in [-0.2, -0.15) is 0 Å². The van der Waals surface area contributed by atoms with Crippen molar-refractivity contribution in [3.63, 3.8) is 0 Å². The molecule has 6 heteroatoms. The standard InChI is InChI=1S/C46H28N4O2/c1-4-14-29(15-5-1)43-48-44(30-16-6-2-7-17-30)50-45(49-43)36-21-11-10-20-34(36)35-23-13-25-40-41(35)37-28-32(26-27-39(37)51-40)33-22-12-24-38-42(33)52-46(47-38)31-18-8-3-9-19-31/h1-28H. The third-order valence-corrected chi connectivity index (χ3v) is 9.40. The Bertz CT molecular complexity index is 2840. The molecule has 0 N–H and O–H groups in total. The van der Waals surface area contributed by atoms with Crippen molar-refractivity contribution in [1.29, 1.82) is 0 Å². The van der Waals surface area contributed by atoms with Crippen LogP contribution in [0, 0.1) is 0 Å². The van der Waals surface area contributed by atoms with E-state index in [1.54, 1.807) is 0 Å². The van der Waals surface area contributed by atoms with E-state index in [0.717, 1.165) is 77.5 Å². The second-order valence-electron chi connectivity index (χ2n) is 12.6. The number of nitrogens with zero attached hydrogens (tertiary/aromatic N) is 4. The van der Waals surface area contributed by atoms with Crippen molar-refractivity contribution in [3.05, 3.63) is 170 Å². The highest BCUT2D eigenvalue weighted by molar-refractivity contribution is 6.14.